The van der Waals surface area contributed by atoms with Crippen LogP contribution in [0.5, 0.6) is 0 Å². The van der Waals surface area contributed by atoms with Crippen LogP contribution in [-0.4, -0.2) is 28.5 Å². The molecule has 0 aliphatic carbocycles. The number of carbonyl (C=O) groups excluding carboxylic acids is 1. The van der Waals surface area contributed by atoms with Crippen LogP contribution >= 0.6 is 11.8 Å². The third-order valence-corrected chi connectivity index (χ3v) is 3.09. The topological polar surface area (TPSA) is 66.4 Å². The summed E-state index contributed by atoms with van der Waals surface area (Å²) < 4.78 is 37.2. The van der Waals surface area contributed by atoms with Crippen LogP contribution in [0.25, 0.3) is 0 Å². The van der Waals surface area contributed by atoms with E-state index >= 15 is 0 Å². The van der Waals surface area contributed by atoms with Crippen molar-refractivity contribution < 1.29 is 27.9 Å². The summed E-state index contributed by atoms with van der Waals surface area (Å²) in [5.41, 5.74) is -4.82. The first-order valence-electron chi connectivity index (χ1n) is 5.56. The average molecular weight is 317 g/mol. The Balaban J connectivity index is 2.97. The van der Waals surface area contributed by atoms with Gasteiger partial charge in [-0.15, -0.1) is 12.3 Å². The van der Waals surface area contributed by atoms with Crippen molar-refractivity contribution in [1.29, 1.82) is 0 Å². The van der Waals surface area contributed by atoms with Gasteiger partial charge in [-0.05, 0) is 23.9 Å². The summed E-state index contributed by atoms with van der Waals surface area (Å²) in [6.07, 6.45) is 4.71. The third-order valence-electron chi connectivity index (χ3n) is 2.28. The highest BCUT2D eigenvalue weighted by atomic mass is 32.2. The molecule has 0 saturated carbocycles. The second-order valence-corrected chi connectivity index (χ2v) is 4.92. The van der Waals surface area contributed by atoms with Crippen molar-refractivity contribution in [2.75, 3.05) is 0 Å². The molecule has 1 aromatic rings. The molecule has 0 saturated heterocycles. The summed E-state index contributed by atoms with van der Waals surface area (Å²) in [6, 6.07) is 3.68. The normalized spacial score (nSPS) is 12.3. The number of benzene rings is 1. The number of rotatable bonds is 5. The number of alkyl halides is 3. The molecule has 0 radical (unpaired) electrons. The number of terminal acetylenes is 1. The van der Waals surface area contributed by atoms with Gasteiger partial charge in [0.25, 0.3) is 5.91 Å². The molecule has 4 nitrogen and oxygen atoms in total. The number of hydrogen-bond donors (Lipinski definition) is 2. The van der Waals surface area contributed by atoms with E-state index in [4.69, 9.17) is 11.5 Å². The lowest BCUT2D eigenvalue weighted by Crippen LogP contribution is -2.40. The zero-order valence-electron chi connectivity index (χ0n) is 10.5. The second-order valence-electron chi connectivity index (χ2n) is 3.82. The van der Waals surface area contributed by atoms with Gasteiger partial charge in [0.1, 0.15) is 6.04 Å². The minimum absolute atomic E-state index is 0.261. The van der Waals surface area contributed by atoms with Crippen molar-refractivity contribution >= 4 is 23.6 Å². The number of aliphatic carboxylic acids is 1. The zero-order valence-corrected chi connectivity index (χ0v) is 11.3. The van der Waals surface area contributed by atoms with E-state index in [-0.39, 0.29) is 16.9 Å². The van der Waals surface area contributed by atoms with E-state index in [1.165, 1.54) is 18.2 Å². The van der Waals surface area contributed by atoms with E-state index in [1.807, 2.05) is 0 Å². The number of carboxylic acids is 1. The van der Waals surface area contributed by atoms with Crippen molar-refractivity contribution in [2.24, 2.45) is 0 Å². The smallest absolute Gasteiger partial charge is 0.446 e. The van der Waals surface area contributed by atoms with Gasteiger partial charge < -0.3 is 10.4 Å². The van der Waals surface area contributed by atoms with Crippen LogP contribution in [0.15, 0.2) is 29.2 Å². The fourth-order valence-corrected chi connectivity index (χ4v) is 2.09. The number of carboxylic acid groups (broad SMARTS) is 1. The molecule has 8 heteroatoms. The highest BCUT2D eigenvalue weighted by Crippen LogP contribution is 2.38. The molecule has 21 heavy (non-hydrogen) atoms. The molecule has 0 fully saturated rings. The van der Waals surface area contributed by atoms with E-state index in [9.17, 15) is 22.8 Å². The van der Waals surface area contributed by atoms with E-state index < -0.39 is 35.2 Å². The fourth-order valence-electron chi connectivity index (χ4n) is 1.42. The van der Waals surface area contributed by atoms with Crippen LogP contribution in [0, 0.1) is 12.3 Å². The van der Waals surface area contributed by atoms with E-state index in [1.54, 1.807) is 0 Å². The number of nitrogens with one attached hydrogen (secondary N) is 1. The Bertz CT molecular complexity index is 581. The van der Waals surface area contributed by atoms with Crippen LogP contribution in [-0.2, 0) is 4.79 Å². The zero-order chi connectivity index (χ0) is 16.0. The Morgan fingerprint density at radius 3 is 2.52 bits per heavy atom. The molecule has 0 bridgehead atoms. The van der Waals surface area contributed by atoms with Gasteiger partial charge in [-0.2, -0.15) is 13.2 Å². The largest absolute Gasteiger partial charge is 0.480 e. The van der Waals surface area contributed by atoms with E-state index in [0.29, 0.717) is 0 Å². The van der Waals surface area contributed by atoms with Gasteiger partial charge in [-0.25, -0.2) is 4.79 Å². The quantitative estimate of drug-likeness (QED) is 0.647. The fraction of sp³-hybridized carbons (Fsp3) is 0.231. The maximum atomic E-state index is 12.4. The lowest BCUT2D eigenvalue weighted by Gasteiger charge is -2.14. The van der Waals surface area contributed by atoms with Crippen molar-refractivity contribution in [3.63, 3.8) is 0 Å². The standard InChI is InChI=1S/C13H10F3NO3S/c1-2-5-9(12(19)20)17-11(18)8-6-3-4-7-10(8)21-13(14,15)16/h1,3-4,6-7,9H,5H2,(H,17,18)(H,19,20). The minimum atomic E-state index is -4.55. The Labute approximate surface area is 122 Å². The molecule has 0 aliphatic rings. The first kappa shape index (κ1) is 16.9. The van der Waals surface area contributed by atoms with Gasteiger partial charge in [0.2, 0.25) is 0 Å². The maximum Gasteiger partial charge on any atom is 0.446 e. The number of hydrogen-bond acceptors (Lipinski definition) is 3. The molecule has 112 valence electrons. The second kappa shape index (κ2) is 7.04. The third kappa shape index (κ3) is 5.39. The van der Waals surface area contributed by atoms with Crippen LogP contribution in [0.3, 0.4) is 0 Å². The summed E-state index contributed by atoms with van der Waals surface area (Å²) in [5, 5.41) is 11.0. The first-order valence-corrected chi connectivity index (χ1v) is 6.38. The van der Waals surface area contributed by atoms with Crippen LogP contribution in [0.4, 0.5) is 13.2 Å². The molecule has 1 amide bonds. The van der Waals surface area contributed by atoms with Gasteiger partial charge in [-0.3, -0.25) is 4.79 Å². The molecule has 2 N–H and O–H groups in total. The maximum absolute atomic E-state index is 12.4. The van der Waals surface area contributed by atoms with Crippen molar-refractivity contribution in [2.45, 2.75) is 22.9 Å². The molecular formula is C13H10F3NO3S. The Kier molecular flexibility index (Phi) is 5.67. The molecule has 0 aromatic heterocycles. The summed E-state index contributed by atoms with van der Waals surface area (Å²) in [5.74, 6) is -0.207. The molecule has 0 spiro atoms. The van der Waals surface area contributed by atoms with Crippen LogP contribution in [0.1, 0.15) is 16.8 Å². The molecule has 1 atom stereocenters. The summed E-state index contributed by atoms with van der Waals surface area (Å²) >= 11 is -0.444. The van der Waals surface area contributed by atoms with E-state index in [0.717, 1.165) is 6.07 Å². The highest BCUT2D eigenvalue weighted by molar-refractivity contribution is 8.00. The molecular weight excluding hydrogens is 307 g/mol. The van der Waals surface area contributed by atoms with Crippen molar-refractivity contribution in [3.05, 3.63) is 29.8 Å². The van der Waals surface area contributed by atoms with Crippen LogP contribution in [0.2, 0.25) is 0 Å². The molecule has 0 heterocycles. The van der Waals surface area contributed by atoms with Gasteiger partial charge >= 0.3 is 11.5 Å². The predicted molar refractivity (Wildman–Crippen MR) is 70.7 cm³/mol. The number of halogens is 3. The summed E-state index contributed by atoms with van der Waals surface area (Å²) in [6.45, 7) is 0. The van der Waals surface area contributed by atoms with Gasteiger partial charge in [-0.1, -0.05) is 12.1 Å². The van der Waals surface area contributed by atoms with Crippen molar-refractivity contribution in [3.8, 4) is 12.3 Å². The number of carbonyl (C=O) groups is 2. The summed E-state index contributed by atoms with van der Waals surface area (Å²) in [7, 11) is 0. The van der Waals surface area contributed by atoms with Gasteiger partial charge in [0.15, 0.2) is 0 Å². The Hall–Kier alpha value is -2.14. The molecule has 1 rings (SSSR count). The molecule has 1 aromatic carbocycles. The number of amides is 1. The highest BCUT2D eigenvalue weighted by Gasteiger charge is 2.31. The lowest BCUT2D eigenvalue weighted by atomic mass is 10.1. The molecule has 1 unspecified atom stereocenters. The Morgan fingerprint density at radius 1 is 1.38 bits per heavy atom. The summed E-state index contributed by atoms with van der Waals surface area (Å²) in [4.78, 5) is 22.5. The predicted octanol–water partition coefficient (Wildman–Crippen LogP) is 2.50. The SMILES string of the molecule is C#CCC(NC(=O)c1ccccc1SC(F)(F)F)C(=O)O. The minimum Gasteiger partial charge on any atom is -0.480 e. The first-order chi connectivity index (χ1) is 9.74. The van der Waals surface area contributed by atoms with E-state index in [2.05, 4.69) is 11.2 Å². The molecule has 0 aliphatic heterocycles. The van der Waals surface area contributed by atoms with Crippen molar-refractivity contribution in [1.82, 2.24) is 5.32 Å². The Morgan fingerprint density at radius 2 is 2.00 bits per heavy atom. The monoisotopic (exact) mass is 317 g/mol. The van der Waals surface area contributed by atoms with Gasteiger partial charge in [0, 0.05) is 11.3 Å². The van der Waals surface area contributed by atoms with Gasteiger partial charge in [0.05, 0.1) is 5.56 Å². The van der Waals surface area contributed by atoms with Crippen LogP contribution < -0.4 is 5.32 Å². The number of thioether (sulfide) groups is 1. The lowest BCUT2D eigenvalue weighted by molar-refractivity contribution is -0.139. The average Bonchev–Trinajstić information content (AvgIpc) is 2.36.